The van der Waals surface area contributed by atoms with Crippen molar-refractivity contribution in [2.45, 2.75) is 19.4 Å². The van der Waals surface area contributed by atoms with Crippen LogP contribution in [0.4, 0.5) is 15.8 Å². The third-order valence-corrected chi connectivity index (χ3v) is 4.59. The summed E-state index contributed by atoms with van der Waals surface area (Å²) < 4.78 is 14.5. The van der Waals surface area contributed by atoms with Crippen molar-refractivity contribution in [1.82, 2.24) is 0 Å². The number of aryl methyl sites for hydroxylation is 1. The van der Waals surface area contributed by atoms with Crippen LogP contribution in [0.5, 0.6) is 0 Å². The van der Waals surface area contributed by atoms with E-state index in [1.54, 1.807) is 6.07 Å². The van der Waals surface area contributed by atoms with E-state index in [2.05, 4.69) is 51.4 Å². The Kier molecular flexibility index (Phi) is 4.15. The van der Waals surface area contributed by atoms with E-state index in [9.17, 15) is 4.39 Å². The third-order valence-electron chi connectivity index (χ3n) is 3.93. The number of para-hydroxylation sites is 1. The van der Waals surface area contributed by atoms with Gasteiger partial charge in [-0.15, -0.1) is 0 Å². The molecule has 21 heavy (non-hydrogen) atoms. The van der Waals surface area contributed by atoms with E-state index in [0.717, 1.165) is 17.4 Å². The van der Waals surface area contributed by atoms with Crippen molar-refractivity contribution >= 4 is 27.3 Å². The monoisotopic (exact) mass is 348 g/mol. The molecule has 1 aliphatic heterocycles. The first-order valence-electron chi connectivity index (χ1n) is 7.16. The van der Waals surface area contributed by atoms with Crippen LogP contribution in [-0.2, 0) is 13.0 Å². The average molecular weight is 349 g/mol. The lowest BCUT2D eigenvalue weighted by atomic mass is 9.99. The fourth-order valence-corrected chi connectivity index (χ4v) is 3.29. The molecule has 0 atom stereocenters. The number of nitrogens with one attached hydrogen (secondary N) is 1. The maximum Gasteiger partial charge on any atom is 0.147 e. The first-order valence-corrected chi connectivity index (χ1v) is 7.95. The largest absolute Gasteiger partial charge is 0.378 e. The van der Waals surface area contributed by atoms with Gasteiger partial charge in [0.05, 0.1) is 5.69 Å². The van der Waals surface area contributed by atoms with Crippen molar-refractivity contribution in [3.05, 3.63) is 57.8 Å². The molecular weight excluding hydrogens is 331 g/mol. The molecule has 0 saturated carbocycles. The normalized spacial score (nSPS) is 14.0. The number of rotatable bonds is 3. The molecule has 0 aliphatic carbocycles. The highest BCUT2D eigenvalue weighted by atomic mass is 79.9. The predicted octanol–water partition coefficient (Wildman–Crippen LogP) is 4.58. The lowest BCUT2D eigenvalue weighted by molar-refractivity contribution is 0.629. The topological polar surface area (TPSA) is 15.3 Å². The quantitative estimate of drug-likeness (QED) is 0.872. The minimum absolute atomic E-state index is 0.234. The van der Waals surface area contributed by atoms with Crippen LogP contribution in [0.3, 0.4) is 0 Å². The van der Waals surface area contributed by atoms with E-state index in [1.807, 2.05) is 6.07 Å². The first-order chi connectivity index (χ1) is 10.1. The Morgan fingerprint density at radius 1 is 1.29 bits per heavy atom. The van der Waals surface area contributed by atoms with Crippen LogP contribution in [0.2, 0.25) is 0 Å². The molecule has 0 unspecified atom stereocenters. The van der Waals surface area contributed by atoms with Crippen LogP contribution in [-0.4, -0.2) is 13.6 Å². The number of fused-ring (bicyclic) bond motifs is 1. The molecule has 0 amide bonds. The summed E-state index contributed by atoms with van der Waals surface area (Å²) >= 11 is 3.38. The third kappa shape index (κ3) is 3.05. The van der Waals surface area contributed by atoms with Gasteiger partial charge in [0.15, 0.2) is 0 Å². The molecule has 2 aromatic rings. The molecular formula is C17H18BrFN2. The summed E-state index contributed by atoms with van der Waals surface area (Å²) in [5.41, 5.74) is 4.40. The Balaban J connectivity index is 1.77. The van der Waals surface area contributed by atoms with Crippen LogP contribution >= 0.6 is 15.9 Å². The molecule has 1 N–H and O–H groups in total. The van der Waals surface area contributed by atoms with Crippen LogP contribution in [0.15, 0.2) is 40.9 Å². The van der Waals surface area contributed by atoms with Gasteiger partial charge >= 0.3 is 0 Å². The van der Waals surface area contributed by atoms with E-state index >= 15 is 0 Å². The van der Waals surface area contributed by atoms with E-state index in [1.165, 1.54) is 29.3 Å². The fourth-order valence-electron chi connectivity index (χ4n) is 2.81. The molecule has 0 fully saturated rings. The summed E-state index contributed by atoms with van der Waals surface area (Å²) in [5, 5.41) is 3.18. The highest BCUT2D eigenvalue weighted by Crippen LogP contribution is 2.28. The van der Waals surface area contributed by atoms with Crippen molar-refractivity contribution in [3.8, 4) is 0 Å². The van der Waals surface area contributed by atoms with Gasteiger partial charge in [-0.05, 0) is 58.1 Å². The van der Waals surface area contributed by atoms with E-state index in [4.69, 9.17) is 0 Å². The van der Waals surface area contributed by atoms with Gasteiger partial charge in [0.2, 0.25) is 0 Å². The van der Waals surface area contributed by atoms with Gasteiger partial charge in [-0.3, -0.25) is 0 Å². The number of hydrogen-bond acceptors (Lipinski definition) is 2. The molecule has 0 bridgehead atoms. The minimum Gasteiger partial charge on any atom is -0.378 e. The Morgan fingerprint density at radius 2 is 2.14 bits per heavy atom. The summed E-state index contributed by atoms with van der Waals surface area (Å²) in [6, 6.07) is 11.5. The minimum atomic E-state index is -0.234. The van der Waals surface area contributed by atoms with Crippen LogP contribution in [0.1, 0.15) is 17.5 Å². The molecule has 1 heterocycles. The molecule has 2 nitrogen and oxygen atoms in total. The molecule has 0 spiro atoms. The zero-order valence-electron chi connectivity index (χ0n) is 12.0. The van der Waals surface area contributed by atoms with Crippen molar-refractivity contribution in [2.24, 2.45) is 0 Å². The van der Waals surface area contributed by atoms with Gasteiger partial charge in [0, 0.05) is 30.3 Å². The zero-order valence-corrected chi connectivity index (χ0v) is 13.6. The zero-order chi connectivity index (χ0) is 14.8. The lowest BCUT2D eigenvalue weighted by Gasteiger charge is -2.28. The van der Waals surface area contributed by atoms with Gasteiger partial charge in [0.1, 0.15) is 5.82 Å². The Labute approximate surface area is 133 Å². The van der Waals surface area contributed by atoms with Gasteiger partial charge in [0.25, 0.3) is 0 Å². The standard InChI is InChI=1S/C17H18BrFN2/c1-21-9-3-4-13-10-12(7-8-16(13)21)11-20-17-14(18)5-2-6-15(17)19/h2,5-8,10,20H,3-4,9,11H2,1H3. The van der Waals surface area contributed by atoms with Gasteiger partial charge in [-0.1, -0.05) is 18.2 Å². The highest BCUT2D eigenvalue weighted by molar-refractivity contribution is 9.10. The maximum atomic E-state index is 13.8. The Morgan fingerprint density at radius 3 is 2.95 bits per heavy atom. The molecule has 0 saturated heterocycles. The summed E-state index contributed by atoms with van der Waals surface area (Å²) in [5.74, 6) is -0.234. The van der Waals surface area contributed by atoms with E-state index in [0.29, 0.717) is 12.2 Å². The molecule has 4 heteroatoms. The van der Waals surface area contributed by atoms with E-state index in [-0.39, 0.29) is 5.82 Å². The Hall–Kier alpha value is -1.55. The molecule has 1 aliphatic rings. The van der Waals surface area contributed by atoms with Crippen molar-refractivity contribution < 1.29 is 4.39 Å². The summed E-state index contributed by atoms with van der Waals surface area (Å²) in [6.45, 7) is 1.74. The first kappa shape index (κ1) is 14.4. The Bertz CT molecular complexity index is 637. The number of hydrogen-bond donors (Lipinski definition) is 1. The summed E-state index contributed by atoms with van der Waals surface area (Å²) in [6.07, 6.45) is 2.32. The fraction of sp³-hybridized carbons (Fsp3) is 0.294. The van der Waals surface area contributed by atoms with Gasteiger partial charge in [-0.2, -0.15) is 0 Å². The van der Waals surface area contributed by atoms with Crippen molar-refractivity contribution in [1.29, 1.82) is 0 Å². The van der Waals surface area contributed by atoms with Crippen LogP contribution < -0.4 is 10.2 Å². The molecule has 0 radical (unpaired) electrons. The second kappa shape index (κ2) is 6.06. The average Bonchev–Trinajstić information content (AvgIpc) is 2.47. The van der Waals surface area contributed by atoms with Crippen LogP contribution in [0.25, 0.3) is 0 Å². The number of halogens is 2. The van der Waals surface area contributed by atoms with Gasteiger partial charge < -0.3 is 10.2 Å². The lowest BCUT2D eigenvalue weighted by Crippen LogP contribution is -2.24. The maximum absolute atomic E-state index is 13.8. The summed E-state index contributed by atoms with van der Waals surface area (Å²) in [4.78, 5) is 2.30. The van der Waals surface area contributed by atoms with Crippen LogP contribution in [0, 0.1) is 5.82 Å². The van der Waals surface area contributed by atoms with Gasteiger partial charge in [-0.25, -0.2) is 4.39 Å². The van der Waals surface area contributed by atoms with Crippen molar-refractivity contribution in [2.75, 3.05) is 23.8 Å². The second-order valence-electron chi connectivity index (χ2n) is 5.44. The van der Waals surface area contributed by atoms with Crippen molar-refractivity contribution in [3.63, 3.8) is 0 Å². The smallest absolute Gasteiger partial charge is 0.147 e. The summed E-state index contributed by atoms with van der Waals surface area (Å²) in [7, 11) is 2.13. The molecule has 2 aromatic carbocycles. The highest BCUT2D eigenvalue weighted by Gasteiger charge is 2.14. The molecule has 110 valence electrons. The molecule has 0 aromatic heterocycles. The molecule has 3 rings (SSSR count). The number of anilines is 2. The number of benzene rings is 2. The SMILES string of the molecule is CN1CCCc2cc(CNc3c(F)cccc3Br)ccc21. The second-order valence-corrected chi connectivity index (χ2v) is 6.29. The van der Waals surface area contributed by atoms with E-state index < -0.39 is 0 Å². The predicted molar refractivity (Wildman–Crippen MR) is 89.5 cm³/mol. The number of nitrogens with zero attached hydrogens (tertiary/aromatic N) is 1.